The summed E-state index contributed by atoms with van der Waals surface area (Å²) in [7, 11) is 1.52. The van der Waals surface area contributed by atoms with Crippen molar-refractivity contribution < 1.29 is 8.42 Å². The van der Waals surface area contributed by atoms with Crippen LogP contribution in [0.3, 0.4) is 0 Å². The van der Waals surface area contributed by atoms with Crippen molar-refractivity contribution in [2.45, 2.75) is 38.9 Å². The van der Waals surface area contributed by atoms with Crippen molar-refractivity contribution in [2.75, 3.05) is 0 Å². The summed E-state index contributed by atoms with van der Waals surface area (Å²) in [5.74, 6) is 0.535. The molecule has 108 valence electrons. The van der Waals surface area contributed by atoms with Crippen LogP contribution in [-0.2, 0) is 15.6 Å². The molecule has 1 aromatic carbocycles. The summed E-state index contributed by atoms with van der Waals surface area (Å²) in [6.45, 7) is 6.43. The second-order valence-electron chi connectivity index (χ2n) is 4.64. The van der Waals surface area contributed by atoms with E-state index in [0.29, 0.717) is 12.4 Å². The van der Waals surface area contributed by atoms with Gasteiger partial charge in [0.15, 0.2) is 5.82 Å². The van der Waals surface area contributed by atoms with Crippen LogP contribution < -0.4 is 0 Å². The molecule has 0 bridgehead atoms. The van der Waals surface area contributed by atoms with Gasteiger partial charge in [-0.2, -0.15) is 0 Å². The van der Waals surface area contributed by atoms with Gasteiger partial charge in [0.05, 0.1) is 0 Å². The minimum Gasteiger partial charge on any atom is -0.297 e. The number of rotatable bonds is 4. The number of aryl methyl sites for hydroxylation is 1. The maximum atomic E-state index is 11.6. The molecule has 2 rings (SSSR count). The molecule has 0 radical (unpaired) electrons. The van der Waals surface area contributed by atoms with Crippen LogP contribution in [0.4, 0.5) is 0 Å². The second-order valence-corrected chi connectivity index (χ2v) is 7.10. The van der Waals surface area contributed by atoms with Crippen molar-refractivity contribution in [2.24, 2.45) is 0 Å². The second kappa shape index (κ2) is 5.54. The van der Waals surface area contributed by atoms with Crippen molar-refractivity contribution in [3.05, 3.63) is 29.3 Å². The Bertz CT molecular complexity index is 738. The first-order valence-electron chi connectivity index (χ1n) is 6.30. The zero-order valence-electron chi connectivity index (χ0n) is 11.6. The molecule has 0 aliphatic rings. The van der Waals surface area contributed by atoms with E-state index in [1.54, 1.807) is 4.57 Å². The maximum absolute atomic E-state index is 11.6. The van der Waals surface area contributed by atoms with Crippen molar-refractivity contribution in [1.29, 1.82) is 0 Å². The number of halogens is 1. The lowest BCUT2D eigenvalue weighted by Crippen LogP contribution is -2.08. The number of hydrogen-bond acceptors (Lipinski definition) is 4. The normalized spacial score (nSPS) is 11.8. The van der Waals surface area contributed by atoms with Gasteiger partial charge in [-0.1, -0.05) is 25.1 Å². The number of benzene rings is 1. The standard InChI is InChI=1S/C13H16ClN3O2S/c1-4-8-17-12(15-16-13(17)20(14,18)19)11-7-5-6-9(2)10(11)3/h5-7H,4,8H2,1-3H3. The summed E-state index contributed by atoms with van der Waals surface area (Å²) in [5, 5.41) is 7.57. The van der Waals surface area contributed by atoms with Crippen molar-refractivity contribution >= 4 is 19.7 Å². The van der Waals surface area contributed by atoms with Gasteiger partial charge in [-0.3, -0.25) is 4.57 Å². The zero-order valence-corrected chi connectivity index (χ0v) is 13.2. The summed E-state index contributed by atoms with van der Waals surface area (Å²) < 4.78 is 24.7. The smallest absolute Gasteiger partial charge is 0.296 e. The first kappa shape index (κ1) is 15.0. The Labute approximate surface area is 123 Å². The first-order chi connectivity index (χ1) is 9.36. The molecule has 2 aromatic rings. The fourth-order valence-corrected chi connectivity index (χ4v) is 3.01. The van der Waals surface area contributed by atoms with Gasteiger partial charge >= 0.3 is 0 Å². The first-order valence-corrected chi connectivity index (χ1v) is 8.61. The highest BCUT2D eigenvalue weighted by molar-refractivity contribution is 8.13. The minimum atomic E-state index is -3.90. The van der Waals surface area contributed by atoms with Gasteiger partial charge in [-0.05, 0) is 31.4 Å². The monoisotopic (exact) mass is 313 g/mol. The lowest BCUT2D eigenvalue weighted by molar-refractivity contribution is 0.570. The molecule has 0 N–H and O–H groups in total. The Morgan fingerprint density at radius 3 is 2.55 bits per heavy atom. The number of aromatic nitrogens is 3. The summed E-state index contributed by atoms with van der Waals surface area (Å²) >= 11 is 0. The molecule has 20 heavy (non-hydrogen) atoms. The van der Waals surface area contributed by atoms with E-state index in [4.69, 9.17) is 10.7 Å². The number of hydrogen-bond donors (Lipinski definition) is 0. The van der Waals surface area contributed by atoms with E-state index < -0.39 is 9.05 Å². The van der Waals surface area contributed by atoms with Gasteiger partial charge in [0.1, 0.15) is 0 Å². The molecule has 0 fully saturated rings. The minimum absolute atomic E-state index is 0.197. The van der Waals surface area contributed by atoms with Crippen LogP contribution in [0.1, 0.15) is 24.5 Å². The van der Waals surface area contributed by atoms with Crippen LogP contribution in [0.2, 0.25) is 0 Å². The van der Waals surface area contributed by atoms with Crippen molar-refractivity contribution in [3.8, 4) is 11.4 Å². The van der Waals surface area contributed by atoms with Gasteiger partial charge in [0, 0.05) is 22.8 Å². The SMILES string of the molecule is CCCn1c(-c2cccc(C)c2C)nnc1S(=O)(=O)Cl. The molecule has 0 spiro atoms. The van der Waals surface area contributed by atoms with E-state index in [0.717, 1.165) is 23.1 Å². The Morgan fingerprint density at radius 1 is 1.25 bits per heavy atom. The van der Waals surface area contributed by atoms with E-state index >= 15 is 0 Å². The predicted molar refractivity (Wildman–Crippen MR) is 78.3 cm³/mol. The zero-order chi connectivity index (χ0) is 14.9. The van der Waals surface area contributed by atoms with Gasteiger partial charge < -0.3 is 0 Å². The Kier molecular flexibility index (Phi) is 4.15. The van der Waals surface area contributed by atoms with Crippen LogP contribution in [0.15, 0.2) is 23.4 Å². The Balaban J connectivity index is 2.69. The van der Waals surface area contributed by atoms with Gasteiger partial charge in [-0.25, -0.2) is 8.42 Å². The highest BCUT2D eigenvalue weighted by atomic mass is 35.7. The summed E-state index contributed by atoms with van der Waals surface area (Å²) in [4.78, 5) is 0. The molecular weight excluding hydrogens is 298 g/mol. The molecule has 0 unspecified atom stereocenters. The molecule has 0 aliphatic heterocycles. The third-order valence-corrected chi connectivity index (χ3v) is 4.38. The highest BCUT2D eigenvalue weighted by Gasteiger charge is 2.23. The predicted octanol–water partition coefficient (Wildman–Crippen LogP) is 2.90. The van der Waals surface area contributed by atoms with E-state index in [9.17, 15) is 8.42 Å². The molecule has 0 saturated carbocycles. The molecule has 0 atom stereocenters. The average Bonchev–Trinajstić information content (AvgIpc) is 2.77. The summed E-state index contributed by atoms with van der Waals surface area (Å²) in [5.41, 5.74) is 3.04. The largest absolute Gasteiger partial charge is 0.297 e. The van der Waals surface area contributed by atoms with E-state index in [1.165, 1.54) is 0 Å². The molecule has 0 saturated heterocycles. The van der Waals surface area contributed by atoms with Crippen LogP contribution in [-0.4, -0.2) is 23.2 Å². The third-order valence-electron chi connectivity index (χ3n) is 3.23. The maximum Gasteiger partial charge on any atom is 0.296 e. The highest BCUT2D eigenvalue weighted by Crippen LogP contribution is 2.27. The van der Waals surface area contributed by atoms with E-state index in [-0.39, 0.29) is 5.16 Å². The van der Waals surface area contributed by atoms with E-state index in [1.807, 2.05) is 39.0 Å². The number of nitrogens with zero attached hydrogens (tertiary/aromatic N) is 3. The molecular formula is C13H16ClN3O2S. The Hall–Kier alpha value is -1.40. The Morgan fingerprint density at radius 2 is 1.95 bits per heavy atom. The lowest BCUT2D eigenvalue weighted by Gasteiger charge is -2.10. The molecule has 7 heteroatoms. The average molecular weight is 314 g/mol. The van der Waals surface area contributed by atoms with Crippen LogP contribution in [0, 0.1) is 13.8 Å². The fraction of sp³-hybridized carbons (Fsp3) is 0.385. The van der Waals surface area contributed by atoms with Crippen molar-refractivity contribution in [3.63, 3.8) is 0 Å². The van der Waals surface area contributed by atoms with Gasteiger partial charge in [-0.15, -0.1) is 10.2 Å². The van der Waals surface area contributed by atoms with E-state index in [2.05, 4.69) is 10.2 Å². The summed E-state index contributed by atoms with van der Waals surface area (Å²) in [6.07, 6.45) is 0.759. The van der Waals surface area contributed by atoms with Gasteiger partial charge in [0.25, 0.3) is 14.2 Å². The lowest BCUT2D eigenvalue weighted by atomic mass is 10.0. The van der Waals surface area contributed by atoms with Crippen LogP contribution in [0.5, 0.6) is 0 Å². The molecule has 5 nitrogen and oxygen atoms in total. The molecule has 1 aromatic heterocycles. The quantitative estimate of drug-likeness (QED) is 0.814. The summed E-state index contributed by atoms with van der Waals surface area (Å²) in [6, 6.07) is 5.82. The topological polar surface area (TPSA) is 64.8 Å². The van der Waals surface area contributed by atoms with Crippen LogP contribution in [0.25, 0.3) is 11.4 Å². The van der Waals surface area contributed by atoms with Crippen molar-refractivity contribution in [1.82, 2.24) is 14.8 Å². The van der Waals surface area contributed by atoms with Crippen LogP contribution >= 0.6 is 10.7 Å². The van der Waals surface area contributed by atoms with Gasteiger partial charge in [0.2, 0.25) is 0 Å². The molecule has 1 heterocycles. The molecule has 0 aliphatic carbocycles. The fourth-order valence-electron chi connectivity index (χ4n) is 2.09. The third kappa shape index (κ3) is 2.71. The molecule has 0 amide bonds.